The molecule has 1 aromatic rings. The summed E-state index contributed by atoms with van der Waals surface area (Å²) in [5, 5.41) is 10.8. The van der Waals surface area contributed by atoms with Crippen LogP contribution < -0.4 is 10.6 Å². The van der Waals surface area contributed by atoms with Crippen LogP contribution in [0.5, 0.6) is 0 Å². The summed E-state index contributed by atoms with van der Waals surface area (Å²) in [4.78, 5) is 12.1. The minimum atomic E-state index is -0.448. The SMILES string of the molecule is CCN(C)c1cccc(N)c1[N+](=O)[O-]. The molecule has 0 saturated heterocycles. The number of hydrogen-bond acceptors (Lipinski definition) is 4. The molecule has 0 aliphatic rings. The Morgan fingerprint density at radius 3 is 2.71 bits per heavy atom. The van der Waals surface area contributed by atoms with Crippen molar-refractivity contribution in [1.82, 2.24) is 0 Å². The van der Waals surface area contributed by atoms with Crippen LogP contribution in [0, 0.1) is 10.1 Å². The zero-order valence-electron chi connectivity index (χ0n) is 8.23. The maximum Gasteiger partial charge on any atom is 0.315 e. The first-order valence-electron chi connectivity index (χ1n) is 4.32. The molecule has 1 aromatic carbocycles. The van der Waals surface area contributed by atoms with Gasteiger partial charge in [-0.15, -0.1) is 0 Å². The second-order valence-electron chi connectivity index (χ2n) is 2.99. The first-order chi connectivity index (χ1) is 6.57. The number of rotatable bonds is 3. The van der Waals surface area contributed by atoms with Crippen molar-refractivity contribution in [3.8, 4) is 0 Å². The average molecular weight is 195 g/mol. The monoisotopic (exact) mass is 195 g/mol. The molecule has 0 atom stereocenters. The van der Waals surface area contributed by atoms with Gasteiger partial charge in [-0.2, -0.15) is 0 Å². The molecule has 0 unspecified atom stereocenters. The van der Waals surface area contributed by atoms with Crippen LogP contribution in [-0.2, 0) is 0 Å². The molecule has 5 heteroatoms. The highest BCUT2D eigenvalue weighted by Crippen LogP contribution is 2.32. The lowest BCUT2D eigenvalue weighted by molar-refractivity contribution is -0.383. The van der Waals surface area contributed by atoms with E-state index in [1.807, 2.05) is 6.92 Å². The smallest absolute Gasteiger partial charge is 0.315 e. The van der Waals surface area contributed by atoms with Gasteiger partial charge in [0.25, 0.3) is 0 Å². The summed E-state index contributed by atoms with van der Waals surface area (Å²) >= 11 is 0. The zero-order chi connectivity index (χ0) is 10.7. The molecule has 0 saturated carbocycles. The van der Waals surface area contributed by atoms with Gasteiger partial charge in [0.1, 0.15) is 11.4 Å². The van der Waals surface area contributed by atoms with Crippen LogP contribution in [0.25, 0.3) is 0 Å². The average Bonchev–Trinajstić information content (AvgIpc) is 2.15. The largest absolute Gasteiger partial charge is 0.393 e. The van der Waals surface area contributed by atoms with Gasteiger partial charge < -0.3 is 10.6 Å². The van der Waals surface area contributed by atoms with Crippen molar-refractivity contribution in [2.24, 2.45) is 0 Å². The second kappa shape index (κ2) is 3.95. The van der Waals surface area contributed by atoms with E-state index >= 15 is 0 Å². The van der Waals surface area contributed by atoms with E-state index in [0.29, 0.717) is 12.2 Å². The molecule has 0 amide bonds. The summed E-state index contributed by atoms with van der Waals surface area (Å²) < 4.78 is 0. The number of anilines is 2. The maximum absolute atomic E-state index is 10.8. The topological polar surface area (TPSA) is 72.4 Å². The van der Waals surface area contributed by atoms with Gasteiger partial charge >= 0.3 is 5.69 Å². The van der Waals surface area contributed by atoms with Crippen molar-refractivity contribution < 1.29 is 4.92 Å². The Bertz CT molecular complexity index is 352. The van der Waals surface area contributed by atoms with E-state index in [2.05, 4.69) is 0 Å². The third-order valence-corrected chi connectivity index (χ3v) is 2.11. The Labute approximate surface area is 82.3 Å². The standard InChI is InChI=1S/C9H13N3O2/c1-3-11(2)8-6-4-5-7(10)9(8)12(13)14/h4-6H,3,10H2,1-2H3. The highest BCUT2D eigenvalue weighted by atomic mass is 16.6. The molecule has 0 heterocycles. The third-order valence-electron chi connectivity index (χ3n) is 2.11. The Kier molecular flexibility index (Phi) is 2.91. The predicted molar refractivity (Wildman–Crippen MR) is 56.5 cm³/mol. The molecule has 0 aliphatic heterocycles. The summed E-state index contributed by atoms with van der Waals surface area (Å²) in [6, 6.07) is 4.94. The van der Waals surface area contributed by atoms with Gasteiger partial charge in [0.15, 0.2) is 0 Å². The predicted octanol–water partition coefficient (Wildman–Crippen LogP) is 1.63. The van der Waals surface area contributed by atoms with Crippen molar-refractivity contribution in [2.45, 2.75) is 6.92 Å². The molecule has 0 bridgehead atoms. The van der Waals surface area contributed by atoms with Gasteiger partial charge in [-0.3, -0.25) is 10.1 Å². The molecular formula is C9H13N3O2. The summed E-state index contributed by atoms with van der Waals surface area (Å²) in [5.41, 5.74) is 6.28. The maximum atomic E-state index is 10.8. The van der Waals surface area contributed by atoms with Crippen molar-refractivity contribution >= 4 is 17.1 Å². The van der Waals surface area contributed by atoms with Gasteiger partial charge in [0.05, 0.1) is 4.92 Å². The first kappa shape index (κ1) is 10.3. The Hall–Kier alpha value is -1.78. The molecule has 1 rings (SSSR count). The van der Waals surface area contributed by atoms with E-state index in [9.17, 15) is 10.1 Å². The number of nitrogens with two attached hydrogens (primary N) is 1. The number of nitro benzene ring substituents is 1. The summed E-state index contributed by atoms with van der Waals surface area (Å²) in [7, 11) is 1.79. The van der Waals surface area contributed by atoms with Crippen LogP contribution >= 0.6 is 0 Å². The highest BCUT2D eigenvalue weighted by molar-refractivity contribution is 5.75. The van der Waals surface area contributed by atoms with Crippen molar-refractivity contribution in [1.29, 1.82) is 0 Å². The number of hydrogen-bond donors (Lipinski definition) is 1. The molecule has 0 radical (unpaired) electrons. The molecule has 0 spiro atoms. The third kappa shape index (κ3) is 1.76. The van der Waals surface area contributed by atoms with Gasteiger partial charge in [-0.25, -0.2) is 0 Å². The van der Waals surface area contributed by atoms with Crippen LogP contribution in [0.4, 0.5) is 17.1 Å². The molecule has 76 valence electrons. The molecule has 0 aromatic heterocycles. The van der Waals surface area contributed by atoms with E-state index in [4.69, 9.17) is 5.73 Å². The van der Waals surface area contributed by atoms with Crippen LogP contribution in [0.15, 0.2) is 18.2 Å². The fourth-order valence-electron chi connectivity index (χ4n) is 1.23. The lowest BCUT2D eigenvalue weighted by Gasteiger charge is -2.16. The zero-order valence-corrected chi connectivity index (χ0v) is 8.23. The van der Waals surface area contributed by atoms with E-state index in [1.165, 1.54) is 6.07 Å². The number of para-hydroxylation sites is 1. The fourth-order valence-corrected chi connectivity index (χ4v) is 1.23. The normalized spacial score (nSPS) is 9.86. The minimum absolute atomic E-state index is 0.0168. The molecule has 14 heavy (non-hydrogen) atoms. The molecule has 0 aliphatic carbocycles. The number of benzene rings is 1. The molecule has 5 nitrogen and oxygen atoms in total. The lowest BCUT2D eigenvalue weighted by atomic mass is 10.2. The fraction of sp³-hybridized carbons (Fsp3) is 0.333. The van der Waals surface area contributed by atoms with Crippen molar-refractivity contribution in [3.05, 3.63) is 28.3 Å². The van der Waals surface area contributed by atoms with Crippen molar-refractivity contribution in [3.63, 3.8) is 0 Å². The second-order valence-corrected chi connectivity index (χ2v) is 2.99. The van der Waals surface area contributed by atoms with Gasteiger partial charge in [-0.05, 0) is 19.1 Å². The summed E-state index contributed by atoms with van der Waals surface area (Å²) in [6.45, 7) is 2.62. The minimum Gasteiger partial charge on any atom is -0.393 e. The first-order valence-corrected chi connectivity index (χ1v) is 4.32. The van der Waals surface area contributed by atoms with E-state index in [0.717, 1.165) is 0 Å². The van der Waals surface area contributed by atoms with E-state index in [1.54, 1.807) is 24.1 Å². The molecular weight excluding hydrogens is 182 g/mol. The highest BCUT2D eigenvalue weighted by Gasteiger charge is 2.19. The van der Waals surface area contributed by atoms with E-state index < -0.39 is 4.92 Å². The Morgan fingerprint density at radius 1 is 1.57 bits per heavy atom. The molecule has 2 N–H and O–H groups in total. The molecule has 0 fully saturated rings. The Balaban J connectivity index is 3.28. The van der Waals surface area contributed by atoms with Gasteiger partial charge in [-0.1, -0.05) is 6.07 Å². The number of nitro groups is 1. The van der Waals surface area contributed by atoms with Gasteiger partial charge in [0.2, 0.25) is 0 Å². The van der Waals surface area contributed by atoms with Crippen LogP contribution in [-0.4, -0.2) is 18.5 Å². The number of nitrogen functional groups attached to an aromatic ring is 1. The van der Waals surface area contributed by atoms with Crippen LogP contribution in [0.3, 0.4) is 0 Å². The van der Waals surface area contributed by atoms with E-state index in [-0.39, 0.29) is 11.4 Å². The van der Waals surface area contributed by atoms with Crippen LogP contribution in [0.2, 0.25) is 0 Å². The van der Waals surface area contributed by atoms with Gasteiger partial charge in [0, 0.05) is 13.6 Å². The summed E-state index contributed by atoms with van der Waals surface area (Å²) in [5.74, 6) is 0. The number of nitrogens with zero attached hydrogens (tertiary/aromatic N) is 2. The van der Waals surface area contributed by atoms with Crippen molar-refractivity contribution in [2.75, 3.05) is 24.2 Å². The lowest BCUT2D eigenvalue weighted by Crippen LogP contribution is -2.17. The summed E-state index contributed by atoms with van der Waals surface area (Å²) in [6.07, 6.45) is 0. The Morgan fingerprint density at radius 2 is 2.21 bits per heavy atom. The quantitative estimate of drug-likeness (QED) is 0.452. The van der Waals surface area contributed by atoms with Crippen LogP contribution in [0.1, 0.15) is 6.92 Å².